The predicted octanol–water partition coefficient (Wildman–Crippen LogP) is 2.42. The lowest BCUT2D eigenvalue weighted by Crippen LogP contribution is -2.43. The van der Waals surface area contributed by atoms with Crippen molar-refractivity contribution in [3.05, 3.63) is 34.9 Å². The number of nitrogens with zero attached hydrogens (tertiary/aromatic N) is 3. The molecule has 3 rings (SSSR count). The number of rotatable bonds is 6. The number of benzene rings is 1. The minimum Gasteiger partial charge on any atom is -0.469 e. The Hall–Kier alpha value is -1.83. The van der Waals surface area contributed by atoms with Gasteiger partial charge in [0.05, 0.1) is 38.8 Å². The summed E-state index contributed by atoms with van der Waals surface area (Å²) in [6.45, 7) is 10.0. The van der Waals surface area contributed by atoms with E-state index in [1.165, 1.54) is 7.11 Å². The molecule has 0 radical (unpaired) electrons. The highest BCUT2D eigenvalue weighted by atomic mass is 35.5. The van der Waals surface area contributed by atoms with Gasteiger partial charge in [-0.3, -0.25) is 14.7 Å². The maximum atomic E-state index is 12.1. The Bertz CT molecular complexity index is 739. The molecule has 0 aromatic heterocycles. The first-order chi connectivity index (χ1) is 14.5. The number of morpholine rings is 1. The Morgan fingerprint density at radius 1 is 1.33 bits per heavy atom. The molecule has 2 aliphatic rings. The Kier molecular flexibility index (Phi) is 8.36. The van der Waals surface area contributed by atoms with Crippen molar-refractivity contribution in [2.24, 2.45) is 16.8 Å². The van der Waals surface area contributed by atoms with Crippen molar-refractivity contribution >= 4 is 23.5 Å². The van der Waals surface area contributed by atoms with E-state index < -0.39 is 0 Å². The number of nitrogens with one attached hydrogen (secondary N) is 1. The molecule has 3 atom stereocenters. The van der Waals surface area contributed by atoms with Crippen molar-refractivity contribution in [2.75, 3.05) is 59.6 Å². The molecule has 7 nitrogen and oxygen atoms in total. The van der Waals surface area contributed by atoms with E-state index in [9.17, 15) is 4.79 Å². The quantitative estimate of drug-likeness (QED) is 0.419. The second-order valence-corrected chi connectivity index (χ2v) is 8.30. The zero-order valence-electron chi connectivity index (χ0n) is 18.1. The molecule has 2 fully saturated rings. The van der Waals surface area contributed by atoms with Crippen LogP contribution in [0.4, 0.5) is 0 Å². The Labute approximate surface area is 184 Å². The highest BCUT2D eigenvalue weighted by molar-refractivity contribution is 6.31. The first-order valence-corrected chi connectivity index (χ1v) is 11.1. The summed E-state index contributed by atoms with van der Waals surface area (Å²) < 4.78 is 10.5. The van der Waals surface area contributed by atoms with Gasteiger partial charge in [0.15, 0.2) is 5.96 Å². The van der Waals surface area contributed by atoms with E-state index in [0.717, 1.165) is 55.9 Å². The molecule has 0 aliphatic carbocycles. The lowest BCUT2D eigenvalue weighted by molar-refractivity contribution is -0.145. The maximum Gasteiger partial charge on any atom is 0.310 e. The smallest absolute Gasteiger partial charge is 0.310 e. The highest BCUT2D eigenvalue weighted by Crippen LogP contribution is 2.29. The summed E-state index contributed by atoms with van der Waals surface area (Å²) in [4.78, 5) is 21.6. The second kappa shape index (κ2) is 11.0. The summed E-state index contributed by atoms with van der Waals surface area (Å²) in [5.74, 6) is 0.779. The van der Waals surface area contributed by atoms with Crippen LogP contribution < -0.4 is 5.32 Å². The van der Waals surface area contributed by atoms with Gasteiger partial charge in [0.1, 0.15) is 0 Å². The predicted molar refractivity (Wildman–Crippen MR) is 119 cm³/mol. The zero-order valence-corrected chi connectivity index (χ0v) is 18.9. The third-order valence-corrected chi connectivity index (χ3v) is 6.26. The molecule has 166 valence electrons. The average molecular weight is 437 g/mol. The molecule has 1 N–H and O–H groups in total. The van der Waals surface area contributed by atoms with Crippen molar-refractivity contribution in [3.8, 4) is 0 Å². The summed E-state index contributed by atoms with van der Waals surface area (Å²) in [5.41, 5.74) is 1.09. The summed E-state index contributed by atoms with van der Waals surface area (Å²) in [6.07, 6.45) is 0. The number of guanidine groups is 1. The van der Waals surface area contributed by atoms with Crippen molar-refractivity contribution in [1.82, 2.24) is 15.1 Å². The van der Waals surface area contributed by atoms with Crippen LogP contribution in [0.2, 0.25) is 5.02 Å². The van der Waals surface area contributed by atoms with Crippen LogP contribution in [0.15, 0.2) is 29.3 Å². The number of carbonyl (C=O) groups is 1. The first-order valence-electron chi connectivity index (χ1n) is 10.7. The van der Waals surface area contributed by atoms with Gasteiger partial charge in [0.2, 0.25) is 0 Å². The number of esters is 1. The lowest BCUT2D eigenvalue weighted by Gasteiger charge is -2.34. The number of hydrogen-bond acceptors (Lipinski definition) is 5. The first kappa shape index (κ1) is 22.8. The van der Waals surface area contributed by atoms with Crippen LogP contribution in [0.25, 0.3) is 0 Å². The lowest BCUT2D eigenvalue weighted by atomic mass is 9.99. The molecule has 1 aromatic carbocycles. The van der Waals surface area contributed by atoms with E-state index >= 15 is 0 Å². The van der Waals surface area contributed by atoms with Gasteiger partial charge in [-0.1, -0.05) is 36.7 Å². The van der Waals surface area contributed by atoms with Crippen LogP contribution in [-0.4, -0.2) is 81.3 Å². The van der Waals surface area contributed by atoms with Crippen LogP contribution in [0, 0.1) is 11.8 Å². The zero-order chi connectivity index (χ0) is 21.5. The number of carbonyl (C=O) groups excluding carboxylic acids is 1. The van der Waals surface area contributed by atoms with Gasteiger partial charge in [-0.25, -0.2) is 0 Å². The summed E-state index contributed by atoms with van der Waals surface area (Å²) >= 11 is 6.55. The van der Waals surface area contributed by atoms with E-state index in [4.69, 9.17) is 26.1 Å². The molecular formula is C22H33ClN4O3. The SMILES string of the molecule is CCNC(=NCC(c1ccccc1Cl)N1CCOCC1)N1CC(C)C(C(=O)OC)C1. The number of ether oxygens (including phenoxy) is 2. The highest BCUT2D eigenvalue weighted by Gasteiger charge is 2.37. The molecule has 2 aliphatic heterocycles. The summed E-state index contributed by atoms with van der Waals surface area (Å²) in [6, 6.07) is 8.06. The molecule has 1 aromatic rings. The van der Waals surface area contributed by atoms with Crippen molar-refractivity contribution in [2.45, 2.75) is 19.9 Å². The Morgan fingerprint density at radius 2 is 2.07 bits per heavy atom. The van der Waals surface area contributed by atoms with E-state index in [1.54, 1.807) is 0 Å². The fraction of sp³-hybridized carbons (Fsp3) is 0.636. The molecule has 0 saturated carbocycles. The van der Waals surface area contributed by atoms with E-state index in [1.807, 2.05) is 18.2 Å². The number of aliphatic imine (C=N–C) groups is 1. The molecule has 8 heteroatoms. The van der Waals surface area contributed by atoms with Crippen LogP contribution in [0.1, 0.15) is 25.5 Å². The summed E-state index contributed by atoms with van der Waals surface area (Å²) in [5, 5.41) is 4.15. The van der Waals surface area contributed by atoms with E-state index in [0.29, 0.717) is 13.1 Å². The van der Waals surface area contributed by atoms with E-state index in [-0.39, 0.29) is 23.8 Å². The Balaban J connectivity index is 1.81. The van der Waals surface area contributed by atoms with Gasteiger partial charge in [0, 0.05) is 37.7 Å². The van der Waals surface area contributed by atoms with Crippen LogP contribution in [-0.2, 0) is 14.3 Å². The fourth-order valence-electron chi connectivity index (χ4n) is 4.24. The molecule has 3 unspecified atom stereocenters. The van der Waals surface area contributed by atoms with Crippen LogP contribution in [0.5, 0.6) is 0 Å². The topological polar surface area (TPSA) is 66.4 Å². The third kappa shape index (κ3) is 5.45. The van der Waals surface area contributed by atoms with Gasteiger partial charge < -0.3 is 19.7 Å². The van der Waals surface area contributed by atoms with Gasteiger partial charge >= 0.3 is 5.97 Å². The molecule has 0 spiro atoms. The fourth-order valence-corrected chi connectivity index (χ4v) is 4.50. The average Bonchev–Trinajstić information content (AvgIpc) is 3.16. The van der Waals surface area contributed by atoms with Gasteiger partial charge in [0.25, 0.3) is 0 Å². The summed E-state index contributed by atoms with van der Waals surface area (Å²) in [7, 11) is 1.45. The normalized spacial score (nSPS) is 24.0. The maximum absolute atomic E-state index is 12.1. The van der Waals surface area contributed by atoms with Crippen molar-refractivity contribution < 1.29 is 14.3 Å². The largest absolute Gasteiger partial charge is 0.469 e. The molecule has 0 amide bonds. The van der Waals surface area contributed by atoms with Crippen LogP contribution >= 0.6 is 11.6 Å². The second-order valence-electron chi connectivity index (χ2n) is 7.89. The molecule has 30 heavy (non-hydrogen) atoms. The van der Waals surface area contributed by atoms with Crippen molar-refractivity contribution in [1.29, 1.82) is 0 Å². The van der Waals surface area contributed by atoms with Crippen LogP contribution in [0.3, 0.4) is 0 Å². The van der Waals surface area contributed by atoms with Gasteiger partial charge in [-0.05, 0) is 24.5 Å². The number of halogens is 1. The van der Waals surface area contributed by atoms with E-state index in [2.05, 4.69) is 35.0 Å². The number of hydrogen-bond donors (Lipinski definition) is 1. The molecule has 2 heterocycles. The minimum atomic E-state index is -0.150. The standard InChI is InChI=1S/C22H33ClN4O3/c1-4-24-22(27-14-16(2)18(15-27)21(28)29-3)25-13-20(26-9-11-30-12-10-26)17-7-5-6-8-19(17)23/h5-8,16,18,20H,4,9-15H2,1-3H3,(H,24,25). The van der Waals surface area contributed by atoms with Gasteiger partial charge in [-0.2, -0.15) is 0 Å². The molecule has 2 saturated heterocycles. The van der Waals surface area contributed by atoms with Crippen molar-refractivity contribution in [3.63, 3.8) is 0 Å². The monoisotopic (exact) mass is 436 g/mol. The Morgan fingerprint density at radius 3 is 2.73 bits per heavy atom. The van der Waals surface area contributed by atoms with Gasteiger partial charge in [-0.15, -0.1) is 0 Å². The molecule has 0 bridgehead atoms. The molecular weight excluding hydrogens is 404 g/mol. The number of likely N-dealkylation sites (tertiary alicyclic amines) is 1. The third-order valence-electron chi connectivity index (χ3n) is 5.92. The minimum absolute atomic E-state index is 0.0766. The number of methoxy groups -OCH3 is 1.